The Kier molecular flexibility index (Phi) is 2.48. The van der Waals surface area contributed by atoms with Crippen molar-refractivity contribution in [2.45, 2.75) is 0 Å². The summed E-state index contributed by atoms with van der Waals surface area (Å²) in [6.07, 6.45) is 3.42. The summed E-state index contributed by atoms with van der Waals surface area (Å²) in [5, 5.41) is 0. The van der Waals surface area contributed by atoms with Gasteiger partial charge in [0.15, 0.2) is 0 Å². The molecular weight excluding hydrogens is 124 g/mol. The number of hydrogen-bond acceptors (Lipinski definition) is 2. The Morgan fingerprint density at radius 1 is 1.40 bits per heavy atom. The molecule has 1 aromatic rings. The van der Waals surface area contributed by atoms with Gasteiger partial charge in [-0.1, -0.05) is 11.8 Å². The van der Waals surface area contributed by atoms with E-state index in [0.717, 1.165) is 5.56 Å². The van der Waals surface area contributed by atoms with Crippen molar-refractivity contribution in [2.75, 3.05) is 6.54 Å². The van der Waals surface area contributed by atoms with Gasteiger partial charge >= 0.3 is 0 Å². The highest BCUT2D eigenvalue weighted by Gasteiger charge is 1.79. The summed E-state index contributed by atoms with van der Waals surface area (Å²) in [4.78, 5) is 3.85. The average molecular weight is 132 g/mol. The second-order valence-corrected chi connectivity index (χ2v) is 1.74. The maximum atomic E-state index is 5.19. The van der Waals surface area contributed by atoms with Crippen molar-refractivity contribution in [3.63, 3.8) is 0 Å². The molecule has 0 aliphatic rings. The summed E-state index contributed by atoms with van der Waals surface area (Å²) in [6.45, 7) is 0.405. The molecule has 0 fully saturated rings. The Hall–Kier alpha value is -1.33. The summed E-state index contributed by atoms with van der Waals surface area (Å²) >= 11 is 0. The second kappa shape index (κ2) is 3.65. The minimum Gasteiger partial charge on any atom is -0.320 e. The lowest BCUT2D eigenvalue weighted by molar-refractivity contribution is 1.29. The van der Waals surface area contributed by atoms with Crippen molar-refractivity contribution in [3.05, 3.63) is 30.1 Å². The number of aromatic nitrogens is 1. The van der Waals surface area contributed by atoms with Gasteiger partial charge in [-0.2, -0.15) is 0 Å². The van der Waals surface area contributed by atoms with Crippen LogP contribution in [0.3, 0.4) is 0 Å². The smallest absolute Gasteiger partial charge is 0.0555 e. The van der Waals surface area contributed by atoms with Crippen LogP contribution in [0.15, 0.2) is 24.5 Å². The molecule has 50 valence electrons. The number of nitrogens with two attached hydrogens (primary N) is 1. The van der Waals surface area contributed by atoms with Crippen molar-refractivity contribution in [2.24, 2.45) is 5.73 Å². The van der Waals surface area contributed by atoms with E-state index in [0.29, 0.717) is 6.54 Å². The van der Waals surface area contributed by atoms with Crippen LogP contribution in [0, 0.1) is 11.8 Å². The van der Waals surface area contributed by atoms with E-state index in [1.807, 2.05) is 12.1 Å². The van der Waals surface area contributed by atoms with Crippen LogP contribution in [-0.4, -0.2) is 11.5 Å². The van der Waals surface area contributed by atoms with E-state index in [1.54, 1.807) is 12.4 Å². The SMILES string of the molecule is NCC#Cc1ccncc1. The Balaban J connectivity index is 2.76. The molecule has 1 aromatic heterocycles. The molecular formula is C8H8N2. The molecule has 0 aromatic carbocycles. The van der Waals surface area contributed by atoms with Gasteiger partial charge in [-0.3, -0.25) is 4.98 Å². The van der Waals surface area contributed by atoms with E-state index in [9.17, 15) is 0 Å². The summed E-state index contributed by atoms with van der Waals surface area (Å²) in [5.74, 6) is 5.64. The van der Waals surface area contributed by atoms with Crippen LogP contribution < -0.4 is 5.73 Å². The highest BCUT2D eigenvalue weighted by Crippen LogP contribution is 1.90. The summed E-state index contributed by atoms with van der Waals surface area (Å²) in [6, 6.07) is 3.70. The monoisotopic (exact) mass is 132 g/mol. The summed E-state index contributed by atoms with van der Waals surface area (Å²) in [5.41, 5.74) is 6.15. The first-order valence-corrected chi connectivity index (χ1v) is 3.02. The Labute approximate surface area is 60.1 Å². The zero-order chi connectivity index (χ0) is 7.23. The first-order chi connectivity index (χ1) is 4.93. The predicted octanol–water partition coefficient (Wildman–Crippen LogP) is 0.392. The highest BCUT2D eigenvalue weighted by molar-refractivity contribution is 5.31. The lowest BCUT2D eigenvalue weighted by Crippen LogP contribution is -1.92. The fraction of sp³-hybridized carbons (Fsp3) is 0.125. The van der Waals surface area contributed by atoms with E-state index < -0.39 is 0 Å². The van der Waals surface area contributed by atoms with Gasteiger partial charge in [-0.25, -0.2) is 0 Å². The molecule has 1 heterocycles. The fourth-order valence-corrected chi connectivity index (χ4v) is 0.588. The van der Waals surface area contributed by atoms with Crippen molar-refractivity contribution in [1.82, 2.24) is 4.98 Å². The van der Waals surface area contributed by atoms with Crippen LogP contribution >= 0.6 is 0 Å². The zero-order valence-electron chi connectivity index (χ0n) is 5.54. The van der Waals surface area contributed by atoms with Gasteiger partial charge in [0.05, 0.1) is 6.54 Å². The van der Waals surface area contributed by atoms with Crippen LogP contribution in [0.1, 0.15) is 5.56 Å². The minimum atomic E-state index is 0.405. The third-order valence-electron chi connectivity index (χ3n) is 1.02. The standard InChI is InChI=1S/C8H8N2/c9-5-1-2-8-3-6-10-7-4-8/h3-4,6-7H,5,9H2. The molecule has 0 unspecified atom stereocenters. The van der Waals surface area contributed by atoms with E-state index in [1.165, 1.54) is 0 Å². The van der Waals surface area contributed by atoms with Gasteiger partial charge in [0.25, 0.3) is 0 Å². The number of pyridine rings is 1. The molecule has 0 bridgehead atoms. The lowest BCUT2D eigenvalue weighted by Gasteiger charge is -1.83. The normalized spacial score (nSPS) is 8.10. The van der Waals surface area contributed by atoms with Crippen LogP contribution in [-0.2, 0) is 0 Å². The molecule has 0 aliphatic carbocycles. The highest BCUT2D eigenvalue weighted by atomic mass is 14.6. The molecule has 2 N–H and O–H groups in total. The number of nitrogens with zero attached hydrogens (tertiary/aromatic N) is 1. The molecule has 1 rings (SSSR count). The van der Waals surface area contributed by atoms with Crippen LogP contribution in [0.25, 0.3) is 0 Å². The Bertz CT molecular complexity index is 243. The molecule has 2 nitrogen and oxygen atoms in total. The van der Waals surface area contributed by atoms with Crippen molar-refractivity contribution in [1.29, 1.82) is 0 Å². The number of rotatable bonds is 0. The molecule has 10 heavy (non-hydrogen) atoms. The second-order valence-electron chi connectivity index (χ2n) is 1.74. The molecule has 2 heteroatoms. The van der Waals surface area contributed by atoms with E-state index >= 15 is 0 Å². The molecule has 0 aliphatic heterocycles. The third-order valence-corrected chi connectivity index (χ3v) is 1.02. The topological polar surface area (TPSA) is 38.9 Å². The van der Waals surface area contributed by atoms with Crippen molar-refractivity contribution in [3.8, 4) is 11.8 Å². The van der Waals surface area contributed by atoms with Crippen LogP contribution in [0.2, 0.25) is 0 Å². The van der Waals surface area contributed by atoms with Crippen molar-refractivity contribution < 1.29 is 0 Å². The largest absolute Gasteiger partial charge is 0.320 e. The van der Waals surface area contributed by atoms with Gasteiger partial charge in [0, 0.05) is 18.0 Å². The van der Waals surface area contributed by atoms with Gasteiger partial charge in [-0.15, -0.1) is 0 Å². The van der Waals surface area contributed by atoms with E-state index in [2.05, 4.69) is 16.8 Å². The minimum absolute atomic E-state index is 0.405. The van der Waals surface area contributed by atoms with E-state index in [4.69, 9.17) is 5.73 Å². The predicted molar refractivity (Wildman–Crippen MR) is 40.2 cm³/mol. The first kappa shape index (κ1) is 6.79. The Morgan fingerprint density at radius 2 is 2.10 bits per heavy atom. The average Bonchev–Trinajstić information content (AvgIpc) is 2.03. The Morgan fingerprint density at radius 3 is 2.70 bits per heavy atom. The fourth-order valence-electron chi connectivity index (χ4n) is 0.588. The molecule has 0 saturated heterocycles. The van der Waals surface area contributed by atoms with Gasteiger partial charge in [0.1, 0.15) is 0 Å². The molecule has 0 radical (unpaired) electrons. The zero-order valence-corrected chi connectivity index (χ0v) is 5.54. The van der Waals surface area contributed by atoms with Crippen molar-refractivity contribution >= 4 is 0 Å². The van der Waals surface area contributed by atoms with Gasteiger partial charge < -0.3 is 5.73 Å². The molecule has 0 atom stereocenters. The molecule has 0 saturated carbocycles. The third kappa shape index (κ3) is 1.88. The van der Waals surface area contributed by atoms with Crippen LogP contribution in [0.4, 0.5) is 0 Å². The molecule has 0 amide bonds. The summed E-state index contributed by atoms with van der Waals surface area (Å²) in [7, 11) is 0. The quantitative estimate of drug-likeness (QED) is 0.519. The summed E-state index contributed by atoms with van der Waals surface area (Å²) < 4.78 is 0. The number of hydrogen-bond donors (Lipinski definition) is 1. The first-order valence-electron chi connectivity index (χ1n) is 3.02. The maximum absolute atomic E-state index is 5.19. The van der Waals surface area contributed by atoms with E-state index in [-0.39, 0.29) is 0 Å². The van der Waals surface area contributed by atoms with Gasteiger partial charge in [0.2, 0.25) is 0 Å². The molecule has 0 spiro atoms. The lowest BCUT2D eigenvalue weighted by atomic mass is 10.3. The van der Waals surface area contributed by atoms with Crippen LogP contribution in [0.5, 0.6) is 0 Å². The van der Waals surface area contributed by atoms with Gasteiger partial charge in [-0.05, 0) is 12.1 Å². The maximum Gasteiger partial charge on any atom is 0.0555 e.